The van der Waals surface area contributed by atoms with Crippen LogP contribution in [-0.4, -0.2) is 54.6 Å². The molecule has 1 saturated heterocycles. The van der Waals surface area contributed by atoms with E-state index < -0.39 is 21.8 Å². The molecule has 1 aromatic carbocycles. The summed E-state index contributed by atoms with van der Waals surface area (Å²) in [5.74, 6) is 0.0444. The lowest BCUT2D eigenvalue weighted by atomic mass is 10.1. The summed E-state index contributed by atoms with van der Waals surface area (Å²) in [6, 6.07) is 9.74. The van der Waals surface area contributed by atoms with E-state index >= 15 is 0 Å². The van der Waals surface area contributed by atoms with Crippen LogP contribution in [0.5, 0.6) is 11.6 Å². The Hall–Kier alpha value is -3.25. The number of fused-ring (bicyclic) bond motifs is 1. The lowest BCUT2D eigenvalue weighted by Crippen LogP contribution is -2.60. The van der Waals surface area contributed by atoms with E-state index in [1.807, 2.05) is 0 Å². The first-order chi connectivity index (χ1) is 15.0. The summed E-state index contributed by atoms with van der Waals surface area (Å²) in [5, 5.41) is 0.659. The Morgan fingerprint density at radius 1 is 1.16 bits per heavy atom. The molecular weight excluding hydrogens is 449 g/mol. The summed E-state index contributed by atoms with van der Waals surface area (Å²) in [6.07, 6.45) is -2.72. The number of nitrogens with one attached hydrogen (secondary N) is 1. The fourth-order valence-electron chi connectivity index (χ4n) is 3.20. The van der Waals surface area contributed by atoms with Crippen LogP contribution in [0.25, 0.3) is 10.9 Å². The van der Waals surface area contributed by atoms with Gasteiger partial charge in [0.25, 0.3) is 5.91 Å². The molecule has 12 heteroatoms. The minimum atomic E-state index is -4.48. The van der Waals surface area contributed by atoms with E-state index in [1.54, 1.807) is 30.3 Å². The van der Waals surface area contributed by atoms with Crippen LogP contribution in [-0.2, 0) is 16.2 Å². The highest BCUT2D eigenvalue weighted by molar-refractivity contribution is 7.88. The zero-order valence-corrected chi connectivity index (χ0v) is 17.4. The number of hydrogen-bond donors (Lipinski definition) is 1. The third-order valence-electron chi connectivity index (χ3n) is 4.72. The van der Waals surface area contributed by atoms with Gasteiger partial charge < -0.3 is 9.64 Å². The van der Waals surface area contributed by atoms with Gasteiger partial charge in [-0.25, -0.2) is 23.1 Å². The van der Waals surface area contributed by atoms with E-state index in [-0.39, 0.29) is 36.6 Å². The number of carbonyl (C=O) groups excluding carboxylic acids is 1. The van der Waals surface area contributed by atoms with Crippen molar-refractivity contribution in [2.24, 2.45) is 0 Å². The third-order valence-corrected chi connectivity index (χ3v) is 5.48. The Labute approximate surface area is 181 Å². The molecule has 0 bridgehead atoms. The summed E-state index contributed by atoms with van der Waals surface area (Å²) in [7, 11) is -3.33. The molecule has 0 saturated carbocycles. The molecule has 8 nitrogen and oxygen atoms in total. The number of benzene rings is 1. The van der Waals surface area contributed by atoms with Gasteiger partial charge in [-0.15, -0.1) is 0 Å². The fourth-order valence-corrected chi connectivity index (χ4v) is 3.95. The second-order valence-corrected chi connectivity index (χ2v) is 9.11. The summed E-state index contributed by atoms with van der Waals surface area (Å²) in [4.78, 5) is 22.1. The van der Waals surface area contributed by atoms with Gasteiger partial charge in [0.2, 0.25) is 15.9 Å². The highest BCUT2D eigenvalue weighted by Gasteiger charge is 2.33. The van der Waals surface area contributed by atoms with Crippen molar-refractivity contribution in [3.8, 4) is 11.6 Å². The van der Waals surface area contributed by atoms with Crippen LogP contribution in [0, 0.1) is 0 Å². The van der Waals surface area contributed by atoms with Crippen molar-refractivity contribution in [2.75, 3.05) is 19.3 Å². The summed E-state index contributed by atoms with van der Waals surface area (Å²) >= 11 is 0. The number of hydrogen-bond acceptors (Lipinski definition) is 6. The van der Waals surface area contributed by atoms with Gasteiger partial charge in [0, 0.05) is 30.7 Å². The molecular formula is C20H17F3N4O4S. The third kappa shape index (κ3) is 4.97. The molecule has 168 valence electrons. The van der Waals surface area contributed by atoms with E-state index in [9.17, 15) is 26.4 Å². The number of halogens is 3. The molecule has 1 aliphatic rings. The lowest BCUT2D eigenvalue weighted by Gasteiger charge is -2.38. The number of rotatable bonds is 5. The highest BCUT2D eigenvalue weighted by Crippen LogP contribution is 2.30. The zero-order valence-electron chi connectivity index (χ0n) is 16.6. The van der Waals surface area contributed by atoms with E-state index in [4.69, 9.17) is 4.74 Å². The quantitative estimate of drug-likeness (QED) is 0.621. The van der Waals surface area contributed by atoms with Gasteiger partial charge in [0.1, 0.15) is 11.4 Å². The number of pyridine rings is 2. The van der Waals surface area contributed by atoms with E-state index in [0.29, 0.717) is 22.8 Å². The summed E-state index contributed by atoms with van der Waals surface area (Å²) in [5.41, 5.74) is -0.131. The van der Waals surface area contributed by atoms with Gasteiger partial charge in [0.05, 0.1) is 23.4 Å². The fraction of sp³-hybridized carbons (Fsp3) is 0.250. The van der Waals surface area contributed by atoms with Crippen molar-refractivity contribution in [1.82, 2.24) is 19.6 Å². The predicted molar refractivity (Wildman–Crippen MR) is 109 cm³/mol. The Balaban J connectivity index is 1.44. The molecule has 3 aromatic rings. The smallest absolute Gasteiger partial charge is 0.417 e. The van der Waals surface area contributed by atoms with Crippen LogP contribution < -0.4 is 9.46 Å². The first kappa shape index (κ1) is 22.0. The second-order valence-electron chi connectivity index (χ2n) is 7.33. The van der Waals surface area contributed by atoms with E-state index in [2.05, 4.69) is 14.7 Å². The molecule has 3 heterocycles. The van der Waals surface area contributed by atoms with Crippen molar-refractivity contribution in [3.63, 3.8) is 0 Å². The monoisotopic (exact) mass is 466 g/mol. The van der Waals surface area contributed by atoms with Crippen molar-refractivity contribution in [2.45, 2.75) is 12.2 Å². The number of ether oxygens (including phenoxy) is 1. The van der Waals surface area contributed by atoms with Gasteiger partial charge in [-0.2, -0.15) is 13.2 Å². The van der Waals surface area contributed by atoms with Crippen molar-refractivity contribution in [3.05, 3.63) is 59.9 Å². The molecule has 2 aromatic heterocycles. The van der Waals surface area contributed by atoms with Crippen LogP contribution in [0.4, 0.5) is 13.2 Å². The number of likely N-dealkylation sites (tertiary alicyclic amines) is 1. The Bertz CT molecular complexity index is 1270. The number of amides is 1. The number of sulfonamides is 1. The SMILES string of the molecule is CS(=O)(=O)NC1CN(C(=O)c2ccc3cc(Oc4ccc(C(F)(F)F)cn4)ccc3n2)C1. The molecule has 1 fully saturated rings. The topological polar surface area (TPSA) is 101 Å². The van der Waals surface area contributed by atoms with Gasteiger partial charge in [-0.05, 0) is 30.3 Å². The first-order valence-corrected chi connectivity index (χ1v) is 11.3. The molecule has 1 amide bonds. The molecule has 0 spiro atoms. The largest absolute Gasteiger partial charge is 0.439 e. The average Bonchev–Trinajstić information content (AvgIpc) is 2.68. The Kier molecular flexibility index (Phi) is 5.51. The predicted octanol–water partition coefficient (Wildman–Crippen LogP) is 2.81. The van der Waals surface area contributed by atoms with Gasteiger partial charge in [-0.3, -0.25) is 4.79 Å². The van der Waals surface area contributed by atoms with Crippen LogP contribution in [0.15, 0.2) is 48.7 Å². The van der Waals surface area contributed by atoms with Crippen molar-refractivity contribution in [1.29, 1.82) is 0 Å². The van der Waals surface area contributed by atoms with E-state index in [1.165, 1.54) is 4.90 Å². The molecule has 1 N–H and O–H groups in total. The molecule has 1 aliphatic heterocycles. The zero-order chi connectivity index (χ0) is 23.1. The van der Waals surface area contributed by atoms with Crippen LogP contribution in [0.3, 0.4) is 0 Å². The summed E-state index contributed by atoms with van der Waals surface area (Å²) < 4.78 is 68.3. The maximum Gasteiger partial charge on any atom is 0.417 e. The number of alkyl halides is 3. The van der Waals surface area contributed by atoms with Crippen LogP contribution in [0.1, 0.15) is 16.1 Å². The van der Waals surface area contributed by atoms with Gasteiger partial charge in [-0.1, -0.05) is 6.07 Å². The van der Waals surface area contributed by atoms with Gasteiger partial charge >= 0.3 is 6.18 Å². The molecule has 0 atom stereocenters. The standard InChI is InChI=1S/C20H17F3N4O4S/c1-32(29,30)26-14-10-27(11-14)19(28)17-5-2-12-8-15(4-6-16(12)25-17)31-18-7-3-13(9-24-18)20(21,22)23/h2-9,14,26H,10-11H2,1H3. The molecule has 0 unspecified atom stereocenters. The van der Waals surface area contributed by atoms with Crippen molar-refractivity contribution < 1.29 is 31.1 Å². The number of aromatic nitrogens is 2. The number of nitrogens with zero attached hydrogens (tertiary/aromatic N) is 3. The highest BCUT2D eigenvalue weighted by atomic mass is 32.2. The molecule has 0 aliphatic carbocycles. The molecule has 32 heavy (non-hydrogen) atoms. The lowest BCUT2D eigenvalue weighted by molar-refractivity contribution is -0.137. The first-order valence-electron chi connectivity index (χ1n) is 9.36. The minimum absolute atomic E-state index is 0.00662. The van der Waals surface area contributed by atoms with Crippen molar-refractivity contribution >= 4 is 26.8 Å². The van der Waals surface area contributed by atoms with Crippen LogP contribution in [0.2, 0.25) is 0 Å². The van der Waals surface area contributed by atoms with E-state index in [0.717, 1.165) is 18.4 Å². The Morgan fingerprint density at radius 2 is 1.91 bits per heavy atom. The second kappa shape index (κ2) is 8.02. The summed E-state index contributed by atoms with van der Waals surface area (Å²) in [6.45, 7) is 0.525. The van der Waals surface area contributed by atoms with Gasteiger partial charge in [0.15, 0.2) is 0 Å². The van der Waals surface area contributed by atoms with Crippen LogP contribution >= 0.6 is 0 Å². The molecule has 4 rings (SSSR count). The number of carbonyl (C=O) groups is 1. The minimum Gasteiger partial charge on any atom is -0.439 e. The Morgan fingerprint density at radius 3 is 2.53 bits per heavy atom. The average molecular weight is 466 g/mol. The normalized spacial score (nSPS) is 14.9. The molecule has 0 radical (unpaired) electrons. The maximum atomic E-state index is 12.6. The maximum absolute atomic E-state index is 12.6.